The van der Waals surface area contributed by atoms with E-state index in [2.05, 4.69) is 0 Å². The number of hydrogen-bond acceptors (Lipinski definition) is 3. The van der Waals surface area contributed by atoms with Gasteiger partial charge in [-0.05, 0) is 18.6 Å². The molecular formula is C13H14Cl2FNO4. The summed E-state index contributed by atoms with van der Waals surface area (Å²) in [6.07, 6.45) is 0.448. The van der Waals surface area contributed by atoms with Gasteiger partial charge in [0.25, 0.3) is 5.91 Å². The Labute approximate surface area is 132 Å². The fourth-order valence-electron chi connectivity index (χ4n) is 1.99. The quantitative estimate of drug-likeness (QED) is 0.914. The number of rotatable bonds is 4. The monoisotopic (exact) mass is 337 g/mol. The number of amides is 1. The summed E-state index contributed by atoms with van der Waals surface area (Å²) in [5, 5.41) is 8.78. The number of carbonyl (C=O) groups excluding carboxylic acids is 1. The molecule has 1 aliphatic heterocycles. The topological polar surface area (TPSA) is 66.8 Å². The maximum atomic E-state index is 12.9. The second-order valence-corrected chi connectivity index (χ2v) is 4.94. The number of likely N-dealkylation sites (tertiary alicyclic amines) is 1. The molecule has 1 heterocycles. The smallest absolute Gasteiger partial charge is 0.308 e. The zero-order valence-electron chi connectivity index (χ0n) is 10.9. The molecule has 1 N–H and O–H groups in total. The molecule has 1 atom stereocenters. The summed E-state index contributed by atoms with van der Waals surface area (Å²) in [6.45, 7) is 0.374. The Hall–Kier alpha value is -1.53. The molecule has 5 nitrogen and oxygen atoms in total. The lowest BCUT2D eigenvalue weighted by Gasteiger charge is -2.16. The second kappa shape index (κ2) is 7.47. The van der Waals surface area contributed by atoms with Crippen molar-refractivity contribution in [3.63, 3.8) is 0 Å². The van der Waals surface area contributed by atoms with E-state index in [9.17, 15) is 14.0 Å². The molecule has 1 saturated heterocycles. The van der Waals surface area contributed by atoms with Crippen LogP contribution in [0, 0.1) is 11.7 Å². The van der Waals surface area contributed by atoms with Crippen LogP contribution in [0.3, 0.4) is 0 Å². The van der Waals surface area contributed by atoms with Crippen molar-refractivity contribution < 1.29 is 23.8 Å². The minimum absolute atomic E-state index is 0. The molecule has 1 aliphatic rings. The van der Waals surface area contributed by atoms with Crippen LogP contribution in [-0.4, -0.2) is 41.6 Å². The van der Waals surface area contributed by atoms with Gasteiger partial charge in [0.1, 0.15) is 11.6 Å². The number of aliphatic carboxylic acids is 1. The molecular weight excluding hydrogens is 324 g/mol. The van der Waals surface area contributed by atoms with Crippen LogP contribution in [-0.2, 0) is 9.59 Å². The predicted octanol–water partition coefficient (Wildman–Crippen LogP) is 2.21. The lowest BCUT2D eigenvalue weighted by Crippen LogP contribution is -2.33. The predicted molar refractivity (Wildman–Crippen MR) is 76.5 cm³/mol. The maximum absolute atomic E-state index is 12.9. The molecule has 0 spiro atoms. The van der Waals surface area contributed by atoms with E-state index in [-0.39, 0.29) is 36.5 Å². The van der Waals surface area contributed by atoms with Gasteiger partial charge in [0.2, 0.25) is 0 Å². The van der Waals surface area contributed by atoms with E-state index in [0.29, 0.717) is 18.7 Å². The molecule has 8 heteroatoms. The number of halogens is 3. The van der Waals surface area contributed by atoms with E-state index >= 15 is 0 Å². The summed E-state index contributed by atoms with van der Waals surface area (Å²) in [4.78, 5) is 24.1. The van der Waals surface area contributed by atoms with Crippen molar-refractivity contribution >= 4 is 35.9 Å². The maximum Gasteiger partial charge on any atom is 0.308 e. The highest BCUT2D eigenvalue weighted by atomic mass is 35.5. The number of carboxylic acids is 1. The molecule has 0 radical (unpaired) electrons. The number of hydrogen-bond donors (Lipinski definition) is 1. The van der Waals surface area contributed by atoms with Crippen LogP contribution in [0.4, 0.5) is 4.39 Å². The Morgan fingerprint density at radius 2 is 2.19 bits per heavy atom. The highest BCUT2D eigenvalue weighted by Gasteiger charge is 2.30. The SMILES string of the molecule is Cl.O=C(O)C1CCN(C(=O)COc2ccc(F)c(Cl)c2)C1. The Kier molecular flexibility index (Phi) is 6.23. The molecule has 0 bridgehead atoms. The summed E-state index contributed by atoms with van der Waals surface area (Å²) < 4.78 is 18.2. The van der Waals surface area contributed by atoms with Crippen molar-refractivity contribution in [1.82, 2.24) is 4.90 Å². The van der Waals surface area contributed by atoms with Crippen LogP contribution in [0.2, 0.25) is 5.02 Å². The first-order chi connectivity index (χ1) is 9.47. The summed E-state index contributed by atoms with van der Waals surface area (Å²) in [5.74, 6) is -1.98. The first kappa shape index (κ1) is 17.5. The van der Waals surface area contributed by atoms with Crippen LogP contribution in [0.15, 0.2) is 18.2 Å². The summed E-state index contributed by atoms with van der Waals surface area (Å²) >= 11 is 5.59. The van der Waals surface area contributed by atoms with Crippen molar-refractivity contribution in [3.8, 4) is 5.75 Å². The van der Waals surface area contributed by atoms with Crippen LogP contribution in [0.1, 0.15) is 6.42 Å². The van der Waals surface area contributed by atoms with Gasteiger partial charge in [0.15, 0.2) is 6.61 Å². The summed E-state index contributed by atoms with van der Waals surface area (Å²) in [5.41, 5.74) is 0. The van der Waals surface area contributed by atoms with Gasteiger partial charge in [-0.2, -0.15) is 0 Å². The minimum Gasteiger partial charge on any atom is -0.484 e. The normalized spacial score (nSPS) is 17.2. The van der Waals surface area contributed by atoms with E-state index < -0.39 is 17.7 Å². The van der Waals surface area contributed by atoms with E-state index in [0.717, 1.165) is 6.07 Å². The van der Waals surface area contributed by atoms with Gasteiger partial charge in [-0.3, -0.25) is 9.59 Å². The van der Waals surface area contributed by atoms with Crippen molar-refractivity contribution in [2.45, 2.75) is 6.42 Å². The number of nitrogens with zero attached hydrogens (tertiary/aromatic N) is 1. The van der Waals surface area contributed by atoms with Gasteiger partial charge < -0.3 is 14.7 Å². The van der Waals surface area contributed by atoms with Crippen molar-refractivity contribution in [2.75, 3.05) is 19.7 Å². The van der Waals surface area contributed by atoms with E-state index in [1.807, 2.05) is 0 Å². The van der Waals surface area contributed by atoms with Gasteiger partial charge in [0, 0.05) is 19.2 Å². The van der Waals surface area contributed by atoms with Crippen LogP contribution in [0.5, 0.6) is 5.75 Å². The van der Waals surface area contributed by atoms with Crippen LogP contribution >= 0.6 is 24.0 Å². The van der Waals surface area contributed by atoms with Crippen molar-refractivity contribution in [2.24, 2.45) is 5.92 Å². The van der Waals surface area contributed by atoms with E-state index in [4.69, 9.17) is 21.4 Å². The molecule has 2 rings (SSSR count). The molecule has 21 heavy (non-hydrogen) atoms. The Morgan fingerprint density at radius 1 is 1.48 bits per heavy atom. The van der Waals surface area contributed by atoms with E-state index in [1.54, 1.807) is 0 Å². The molecule has 1 aromatic rings. The average Bonchev–Trinajstić information content (AvgIpc) is 2.89. The Balaban J connectivity index is 0.00000220. The number of ether oxygens (including phenoxy) is 1. The zero-order valence-corrected chi connectivity index (χ0v) is 12.5. The van der Waals surface area contributed by atoms with Gasteiger partial charge in [-0.25, -0.2) is 4.39 Å². The van der Waals surface area contributed by atoms with E-state index in [1.165, 1.54) is 17.0 Å². The molecule has 0 aliphatic carbocycles. The third-order valence-electron chi connectivity index (χ3n) is 3.14. The second-order valence-electron chi connectivity index (χ2n) is 4.53. The fraction of sp³-hybridized carbons (Fsp3) is 0.385. The van der Waals surface area contributed by atoms with Crippen LogP contribution < -0.4 is 4.74 Å². The third kappa shape index (κ3) is 4.47. The Bertz CT molecular complexity index is 541. The molecule has 0 saturated carbocycles. The molecule has 1 aromatic carbocycles. The molecule has 1 unspecified atom stereocenters. The molecule has 116 valence electrons. The van der Waals surface area contributed by atoms with Crippen LogP contribution in [0.25, 0.3) is 0 Å². The molecule has 1 amide bonds. The summed E-state index contributed by atoms with van der Waals surface area (Å²) in [7, 11) is 0. The fourth-order valence-corrected chi connectivity index (χ4v) is 2.16. The first-order valence-electron chi connectivity index (χ1n) is 6.06. The minimum atomic E-state index is -0.897. The zero-order chi connectivity index (χ0) is 14.7. The lowest BCUT2D eigenvalue weighted by molar-refractivity contribution is -0.141. The lowest BCUT2D eigenvalue weighted by atomic mass is 10.1. The first-order valence-corrected chi connectivity index (χ1v) is 6.43. The average molecular weight is 338 g/mol. The summed E-state index contributed by atoms with van der Waals surface area (Å²) in [6, 6.07) is 3.81. The highest BCUT2D eigenvalue weighted by molar-refractivity contribution is 6.30. The van der Waals surface area contributed by atoms with Crippen molar-refractivity contribution in [1.29, 1.82) is 0 Å². The largest absolute Gasteiger partial charge is 0.484 e. The molecule has 1 fully saturated rings. The highest BCUT2D eigenvalue weighted by Crippen LogP contribution is 2.21. The van der Waals surface area contributed by atoms with Gasteiger partial charge in [0.05, 0.1) is 10.9 Å². The molecule has 0 aromatic heterocycles. The number of benzene rings is 1. The third-order valence-corrected chi connectivity index (χ3v) is 3.43. The number of carboxylic acid groups (broad SMARTS) is 1. The standard InChI is InChI=1S/C13H13ClFNO4.ClH/c14-10-5-9(1-2-11(10)15)20-7-12(17)16-4-3-8(6-16)13(18)19;/h1-2,5,8H,3-4,6-7H2,(H,18,19);1H. The van der Waals surface area contributed by atoms with Crippen molar-refractivity contribution in [3.05, 3.63) is 29.0 Å². The van der Waals surface area contributed by atoms with Gasteiger partial charge in [-0.15, -0.1) is 12.4 Å². The van der Waals surface area contributed by atoms with Gasteiger partial charge in [-0.1, -0.05) is 11.6 Å². The Morgan fingerprint density at radius 3 is 2.76 bits per heavy atom. The number of carbonyl (C=O) groups is 2. The van der Waals surface area contributed by atoms with Gasteiger partial charge >= 0.3 is 5.97 Å².